The molecule has 1 aromatic carbocycles. The van der Waals surface area contributed by atoms with E-state index in [9.17, 15) is 4.79 Å². The van der Waals surface area contributed by atoms with E-state index in [2.05, 4.69) is 4.74 Å². The summed E-state index contributed by atoms with van der Waals surface area (Å²) in [5, 5.41) is 0.543. The second-order valence-electron chi connectivity index (χ2n) is 2.45. The fraction of sp³-hybridized carbons (Fsp3) is 0.125. The highest BCUT2D eigenvalue weighted by atomic mass is 35.5. The zero-order chi connectivity index (χ0) is 9.14. The van der Waals surface area contributed by atoms with Crippen LogP contribution in [0.1, 0.15) is 10.4 Å². The molecule has 0 spiro atoms. The molecule has 4 heteroatoms. The Morgan fingerprint density at radius 1 is 1.58 bits per heavy atom. The largest absolute Gasteiger partial charge is 0.465 e. The maximum atomic E-state index is 11.1. The quantitative estimate of drug-likeness (QED) is 0.464. The lowest BCUT2D eigenvalue weighted by Gasteiger charge is -2.03. The van der Waals surface area contributed by atoms with E-state index in [1.165, 1.54) is 7.11 Å². The van der Waals surface area contributed by atoms with E-state index in [0.29, 0.717) is 10.6 Å². The van der Waals surface area contributed by atoms with E-state index in [1.807, 2.05) is 7.85 Å². The number of benzene rings is 1. The molecule has 0 bridgehead atoms. The highest BCUT2D eigenvalue weighted by Gasteiger charge is 2.08. The molecule has 1 aromatic rings. The lowest BCUT2D eigenvalue weighted by molar-refractivity contribution is 0.0602. The lowest BCUT2D eigenvalue weighted by Crippen LogP contribution is -2.16. The highest BCUT2D eigenvalue weighted by molar-refractivity contribution is 6.37. The van der Waals surface area contributed by atoms with Gasteiger partial charge >= 0.3 is 5.97 Å². The molecule has 0 unspecified atom stereocenters. The number of carbonyl (C=O) groups excluding carboxylic acids is 1. The summed E-state index contributed by atoms with van der Waals surface area (Å²) < 4.78 is 4.57. The Balaban J connectivity index is 3.13. The Morgan fingerprint density at radius 3 is 2.83 bits per heavy atom. The average molecular weight is 182 g/mol. The number of halogens is 1. The zero-order valence-electron chi connectivity index (χ0n) is 6.93. The topological polar surface area (TPSA) is 26.3 Å². The first-order valence-corrected chi connectivity index (χ1v) is 3.87. The SMILES string of the molecule is Bc1ccc(Cl)cc1C(=O)OC. The third kappa shape index (κ3) is 1.80. The van der Waals surface area contributed by atoms with Gasteiger partial charge in [-0.25, -0.2) is 4.79 Å². The van der Waals surface area contributed by atoms with Gasteiger partial charge in [-0.1, -0.05) is 23.1 Å². The molecule has 0 aliphatic rings. The minimum atomic E-state index is -0.352. The standard InChI is InChI=1S/C8H8BClO2/c1-12-8(11)6-4-5(10)2-3-7(6)9/h2-4H,9H2,1H3. The van der Waals surface area contributed by atoms with Crippen molar-refractivity contribution in [3.8, 4) is 0 Å². The summed E-state index contributed by atoms with van der Waals surface area (Å²) >= 11 is 5.71. The van der Waals surface area contributed by atoms with Crippen LogP contribution in [0.3, 0.4) is 0 Å². The molecule has 0 N–H and O–H groups in total. The molecule has 0 fully saturated rings. The van der Waals surface area contributed by atoms with Gasteiger partial charge in [-0.2, -0.15) is 0 Å². The van der Waals surface area contributed by atoms with Gasteiger partial charge < -0.3 is 4.74 Å². The van der Waals surface area contributed by atoms with Crippen LogP contribution in [0.4, 0.5) is 0 Å². The van der Waals surface area contributed by atoms with Crippen molar-refractivity contribution in [3.63, 3.8) is 0 Å². The van der Waals surface area contributed by atoms with Crippen LogP contribution in [0.5, 0.6) is 0 Å². The van der Waals surface area contributed by atoms with Gasteiger partial charge in [0.1, 0.15) is 7.85 Å². The van der Waals surface area contributed by atoms with Gasteiger partial charge in [-0.05, 0) is 12.1 Å². The van der Waals surface area contributed by atoms with Crippen molar-refractivity contribution in [1.82, 2.24) is 0 Å². The normalized spacial score (nSPS) is 9.50. The average Bonchev–Trinajstić information content (AvgIpc) is 2.08. The number of carbonyl (C=O) groups is 1. The van der Waals surface area contributed by atoms with Crippen molar-refractivity contribution in [2.75, 3.05) is 7.11 Å². The molecular formula is C8H8BClO2. The second-order valence-corrected chi connectivity index (χ2v) is 2.89. The number of esters is 1. The van der Waals surface area contributed by atoms with Crippen LogP contribution in [0.15, 0.2) is 18.2 Å². The first-order valence-electron chi connectivity index (χ1n) is 3.49. The van der Waals surface area contributed by atoms with Crippen molar-refractivity contribution in [1.29, 1.82) is 0 Å². The smallest absolute Gasteiger partial charge is 0.337 e. The van der Waals surface area contributed by atoms with E-state index in [1.54, 1.807) is 18.2 Å². The van der Waals surface area contributed by atoms with Gasteiger partial charge in [-0.3, -0.25) is 0 Å². The molecule has 0 heterocycles. The molecule has 0 saturated heterocycles. The number of ether oxygens (including phenoxy) is 1. The van der Waals surface area contributed by atoms with Crippen LogP contribution in [0.2, 0.25) is 5.02 Å². The van der Waals surface area contributed by atoms with Crippen molar-refractivity contribution < 1.29 is 9.53 Å². The van der Waals surface area contributed by atoms with Gasteiger partial charge in [0.05, 0.1) is 12.7 Å². The van der Waals surface area contributed by atoms with Gasteiger partial charge in [0, 0.05) is 5.02 Å². The number of hydrogen-bond donors (Lipinski definition) is 0. The third-order valence-electron chi connectivity index (χ3n) is 1.60. The maximum absolute atomic E-state index is 11.1. The van der Waals surface area contributed by atoms with Crippen LogP contribution in [-0.4, -0.2) is 20.9 Å². The Labute approximate surface area is 76.9 Å². The van der Waals surface area contributed by atoms with Crippen molar-refractivity contribution >= 4 is 30.9 Å². The predicted octanol–water partition coefficient (Wildman–Crippen LogP) is 0.385. The van der Waals surface area contributed by atoms with Gasteiger partial charge in [-0.15, -0.1) is 0 Å². The van der Waals surface area contributed by atoms with Crippen LogP contribution in [-0.2, 0) is 4.74 Å². The molecule has 0 aliphatic heterocycles. The Kier molecular flexibility index (Phi) is 2.76. The number of rotatable bonds is 1. The molecule has 0 atom stereocenters. The van der Waals surface area contributed by atoms with Crippen molar-refractivity contribution in [3.05, 3.63) is 28.8 Å². The fourth-order valence-electron chi connectivity index (χ4n) is 0.924. The van der Waals surface area contributed by atoms with Gasteiger partial charge in [0.2, 0.25) is 0 Å². The summed E-state index contributed by atoms with van der Waals surface area (Å²) in [4.78, 5) is 11.1. The van der Waals surface area contributed by atoms with E-state index in [-0.39, 0.29) is 5.97 Å². The number of methoxy groups -OCH3 is 1. The zero-order valence-corrected chi connectivity index (χ0v) is 7.68. The molecule has 0 radical (unpaired) electrons. The Morgan fingerprint density at radius 2 is 2.25 bits per heavy atom. The van der Waals surface area contributed by atoms with E-state index in [4.69, 9.17) is 11.6 Å². The predicted molar refractivity (Wildman–Crippen MR) is 51.0 cm³/mol. The van der Waals surface area contributed by atoms with Crippen LogP contribution < -0.4 is 5.46 Å². The van der Waals surface area contributed by atoms with Crippen LogP contribution >= 0.6 is 11.6 Å². The van der Waals surface area contributed by atoms with Crippen molar-refractivity contribution in [2.45, 2.75) is 0 Å². The molecule has 2 nitrogen and oxygen atoms in total. The minimum absolute atomic E-state index is 0.352. The molecule has 0 saturated carbocycles. The van der Waals surface area contributed by atoms with Crippen LogP contribution in [0.25, 0.3) is 0 Å². The summed E-state index contributed by atoms with van der Waals surface area (Å²) in [5.74, 6) is -0.352. The first-order chi connectivity index (χ1) is 5.65. The molecule has 0 amide bonds. The summed E-state index contributed by atoms with van der Waals surface area (Å²) in [6.45, 7) is 0. The maximum Gasteiger partial charge on any atom is 0.337 e. The van der Waals surface area contributed by atoms with Crippen molar-refractivity contribution in [2.24, 2.45) is 0 Å². The van der Waals surface area contributed by atoms with Gasteiger partial charge in [0.15, 0.2) is 0 Å². The molecule has 0 aromatic heterocycles. The summed E-state index contributed by atoms with van der Waals surface area (Å²) in [7, 11) is 3.19. The third-order valence-corrected chi connectivity index (χ3v) is 1.84. The minimum Gasteiger partial charge on any atom is -0.465 e. The van der Waals surface area contributed by atoms with E-state index >= 15 is 0 Å². The van der Waals surface area contributed by atoms with Gasteiger partial charge in [0.25, 0.3) is 0 Å². The molecular weight excluding hydrogens is 174 g/mol. The van der Waals surface area contributed by atoms with E-state index in [0.717, 1.165) is 5.46 Å². The summed E-state index contributed by atoms with van der Waals surface area (Å²) in [5.41, 5.74) is 1.39. The molecule has 0 aliphatic carbocycles. The summed E-state index contributed by atoms with van der Waals surface area (Å²) in [6.07, 6.45) is 0. The summed E-state index contributed by atoms with van der Waals surface area (Å²) in [6, 6.07) is 5.13. The Hall–Kier alpha value is -0.955. The highest BCUT2D eigenvalue weighted by Crippen LogP contribution is 2.09. The number of hydrogen-bond acceptors (Lipinski definition) is 2. The molecule has 62 valence electrons. The molecule has 1 rings (SSSR count). The fourth-order valence-corrected chi connectivity index (χ4v) is 1.10. The lowest BCUT2D eigenvalue weighted by atomic mass is 9.91. The van der Waals surface area contributed by atoms with Crippen LogP contribution in [0, 0.1) is 0 Å². The monoisotopic (exact) mass is 182 g/mol. The van der Waals surface area contributed by atoms with E-state index < -0.39 is 0 Å². The second kappa shape index (κ2) is 3.63. The molecule has 12 heavy (non-hydrogen) atoms. The Bertz CT molecular complexity index is 312. The first kappa shape index (κ1) is 9.14.